The van der Waals surface area contributed by atoms with E-state index in [0.29, 0.717) is 18.5 Å². The highest BCUT2D eigenvalue weighted by Crippen LogP contribution is 2.35. The van der Waals surface area contributed by atoms with Crippen molar-refractivity contribution in [2.45, 2.75) is 77.2 Å². The molecular weight excluding hydrogens is 540 g/mol. The Labute approximate surface area is 257 Å². The molecule has 1 N–H and O–H groups in total. The first-order valence-corrected chi connectivity index (χ1v) is 17.0. The average molecular weight is 589 g/mol. The lowest BCUT2D eigenvalue weighted by molar-refractivity contribution is 0.0976. The Balaban J connectivity index is 1.07. The maximum absolute atomic E-state index is 6.35. The highest BCUT2D eigenvalue weighted by atomic mass is 32.2. The first kappa shape index (κ1) is 30.7. The van der Waals surface area contributed by atoms with Gasteiger partial charge in [0, 0.05) is 24.4 Å². The average Bonchev–Trinajstić information content (AvgIpc) is 3.27. The van der Waals surface area contributed by atoms with Gasteiger partial charge >= 0.3 is 0 Å². The Kier molecular flexibility index (Phi) is 11.0. The number of hydrogen-bond acceptors (Lipinski definition) is 7. The summed E-state index contributed by atoms with van der Waals surface area (Å²) >= 11 is 1.47. The van der Waals surface area contributed by atoms with Crippen LogP contribution in [0.4, 0.5) is 5.95 Å². The second-order valence-corrected chi connectivity index (χ2v) is 13.1. The van der Waals surface area contributed by atoms with Crippen molar-refractivity contribution >= 4 is 17.9 Å². The molecule has 3 aliphatic rings. The van der Waals surface area contributed by atoms with E-state index >= 15 is 0 Å². The Morgan fingerprint density at radius 3 is 2.48 bits per heavy atom. The molecule has 42 heavy (non-hydrogen) atoms. The Hall–Kier alpha value is -2.77. The van der Waals surface area contributed by atoms with Gasteiger partial charge in [0.25, 0.3) is 0 Å². The van der Waals surface area contributed by atoms with Gasteiger partial charge in [-0.05, 0) is 98.5 Å². The van der Waals surface area contributed by atoms with Gasteiger partial charge in [0.15, 0.2) is 0 Å². The summed E-state index contributed by atoms with van der Waals surface area (Å²) in [6.07, 6.45) is 23.3. The molecule has 1 aromatic carbocycles. The molecule has 5 rings (SSSR count). The van der Waals surface area contributed by atoms with Crippen LogP contribution in [0.5, 0.6) is 5.75 Å². The van der Waals surface area contributed by atoms with Gasteiger partial charge in [-0.25, -0.2) is 9.97 Å². The van der Waals surface area contributed by atoms with Crippen LogP contribution < -0.4 is 9.46 Å². The molecule has 2 aliphatic carbocycles. The van der Waals surface area contributed by atoms with Gasteiger partial charge in [-0.1, -0.05) is 69.3 Å². The molecule has 0 amide bonds. The normalized spacial score (nSPS) is 19.1. The number of aromatic nitrogens is 2. The number of allylic oxidation sites excluding steroid dienone is 5. The molecule has 1 saturated heterocycles. The third kappa shape index (κ3) is 8.63. The predicted molar refractivity (Wildman–Crippen MR) is 175 cm³/mol. The summed E-state index contributed by atoms with van der Waals surface area (Å²) in [5.41, 5.74) is 3.26. The largest absolute Gasteiger partial charge is 0.494 e. The number of benzene rings is 1. The van der Waals surface area contributed by atoms with Crippen LogP contribution in [-0.2, 0) is 16.8 Å². The molecule has 1 saturated carbocycles. The first-order chi connectivity index (χ1) is 20.5. The maximum Gasteiger partial charge on any atom is 0.233 e. The van der Waals surface area contributed by atoms with Gasteiger partial charge in [-0.15, -0.1) is 0 Å². The van der Waals surface area contributed by atoms with Crippen LogP contribution >= 0.6 is 11.9 Å². The van der Waals surface area contributed by atoms with Crippen LogP contribution in [0.1, 0.15) is 76.5 Å². The smallest absolute Gasteiger partial charge is 0.233 e. The summed E-state index contributed by atoms with van der Waals surface area (Å²) in [6.45, 7) is 9.59. The Bertz CT molecular complexity index is 1230. The van der Waals surface area contributed by atoms with E-state index in [2.05, 4.69) is 69.9 Å². The zero-order chi connectivity index (χ0) is 29.2. The topological polar surface area (TPSA) is 59.5 Å². The number of rotatable bonds is 12. The predicted octanol–water partition coefficient (Wildman–Crippen LogP) is 8.10. The minimum atomic E-state index is -0.130. The van der Waals surface area contributed by atoms with Crippen LogP contribution in [0.25, 0.3) is 0 Å². The number of ether oxygens (including phenoxy) is 2. The molecule has 0 spiro atoms. The van der Waals surface area contributed by atoms with Gasteiger partial charge < -0.3 is 14.4 Å². The SMILES string of the molecule is CSNc1nccc(COc2ccc(C(C)(C)C3=CCC=C(OCC4CCN(CC5CCCCC5)CC4)C=C3)cc2)n1. The number of likely N-dealkylation sites (tertiary alicyclic amines) is 1. The Morgan fingerprint density at radius 2 is 1.71 bits per heavy atom. The molecule has 2 heterocycles. The quantitative estimate of drug-likeness (QED) is 0.251. The van der Waals surface area contributed by atoms with Gasteiger partial charge in [0.2, 0.25) is 5.95 Å². The number of hydrogen-bond donors (Lipinski definition) is 1. The standard InChI is InChI=1S/C35H48N4O2S/c1-35(2,30-13-16-33(17-14-30)41-26-31-18-21-36-34(37-31)38-42-3)29-10-7-11-32(15-12-29)40-25-28-19-22-39(23-20-28)24-27-8-5-4-6-9-27/h10-18,21,27-28H,4-9,19-20,22-26H2,1-3H3,(H,36,37,38). The number of piperidine rings is 1. The molecule has 6 nitrogen and oxygen atoms in total. The van der Waals surface area contributed by atoms with Gasteiger partial charge in [0.1, 0.15) is 18.1 Å². The van der Waals surface area contributed by atoms with E-state index in [1.807, 2.05) is 24.5 Å². The lowest BCUT2D eigenvalue weighted by Gasteiger charge is -2.35. The lowest BCUT2D eigenvalue weighted by atomic mass is 9.77. The molecule has 226 valence electrons. The molecule has 1 aromatic heterocycles. The van der Waals surface area contributed by atoms with Crippen molar-refractivity contribution in [3.63, 3.8) is 0 Å². The van der Waals surface area contributed by atoms with E-state index in [1.165, 1.54) is 87.7 Å². The van der Waals surface area contributed by atoms with E-state index in [4.69, 9.17) is 9.47 Å². The third-order valence-electron chi connectivity index (χ3n) is 9.11. The summed E-state index contributed by atoms with van der Waals surface area (Å²) in [7, 11) is 0. The van der Waals surface area contributed by atoms with E-state index in [-0.39, 0.29) is 5.41 Å². The highest BCUT2D eigenvalue weighted by Gasteiger charge is 2.26. The Morgan fingerprint density at radius 1 is 0.929 bits per heavy atom. The summed E-state index contributed by atoms with van der Waals surface area (Å²) in [5.74, 6) is 4.04. The van der Waals surface area contributed by atoms with E-state index in [1.54, 1.807) is 6.20 Å². The molecule has 1 aliphatic heterocycles. The van der Waals surface area contributed by atoms with Gasteiger partial charge in [0.05, 0.1) is 12.3 Å². The van der Waals surface area contributed by atoms with Gasteiger partial charge in [-0.3, -0.25) is 4.72 Å². The zero-order valence-corrected chi connectivity index (χ0v) is 26.5. The number of nitrogens with zero attached hydrogens (tertiary/aromatic N) is 3. The summed E-state index contributed by atoms with van der Waals surface area (Å²) in [6, 6.07) is 10.3. The van der Waals surface area contributed by atoms with Crippen LogP contribution in [0.3, 0.4) is 0 Å². The van der Waals surface area contributed by atoms with Crippen molar-refractivity contribution in [1.29, 1.82) is 0 Å². The number of nitrogens with one attached hydrogen (secondary N) is 1. The molecule has 0 unspecified atom stereocenters. The second kappa shape index (κ2) is 15.1. The van der Waals surface area contributed by atoms with Crippen molar-refractivity contribution < 1.29 is 9.47 Å². The van der Waals surface area contributed by atoms with E-state index < -0.39 is 0 Å². The second-order valence-electron chi connectivity index (χ2n) is 12.5. The van der Waals surface area contributed by atoms with Crippen molar-refractivity contribution in [1.82, 2.24) is 14.9 Å². The van der Waals surface area contributed by atoms with Crippen LogP contribution in [-0.4, -0.2) is 47.4 Å². The monoisotopic (exact) mass is 588 g/mol. The maximum atomic E-state index is 6.35. The molecule has 0 radical (unpaired) electrons. The van der Waals surface area contributed by atoms with Gasteiger partial charge in [-0.2, -0.15) is 0 Å². The summed E-state index contributed by atoms with van der Waals surface area (Å²) < 4.78 is 15.4. The molecule has 0 bridgehead atoms. The van der Waals surface area contributed by atoms with Crippen molar-refractivity contribution in [3.8, 4) is 5.75 Å². The fourth-order valence-corrected chi connectivity index (χ4v) is 6.65. The zero-order valence-electron chi connectivity index (χ0n) is 25.7. The minimum absolute atomic E-state index is 0.130. The number of anilines is 1. The molecule has 7 heteroatoms. The lowest BCUT2D eigenvalue weighted by Crippen LogP contribution is -2.38. The van der Waals surface area contributed by atoms with Crippen LogP contribution in [0.15, 0.2) is 72.2 Å². The third-order valence-corrected chi connectivity index (χ3v) is 9.50. The summed E-state index contributed by atoms with van der Waals surface area (Å²) in [4.78, 5) is 11.4. The highest BCUT2D eigenvalue weighted by molar-refractivity contribution is 7.99. The van der Waals surface area contributed by atoms with Crippen molar-refractivity contribution in [2.75, 3.05) is 37.2 Å². The summed E-state index contributed by atoms with van der Waals surface area (Å²) in [5, 5.41) is 0. The molecule has 2 fully saturated rings. The molecule has 2 aromatic rings. The fraction of sp³-hybridized carbons (Fsp3) is 0.543. The van der Waals surface area contributed by atoms with Crippen LogP contribution in [0, 0.1) is 11.8 Å². The van der Waals surface area contributed by atoms with E-state index in [0.717, 1.165) is 36.1 Å². The minimum Gasteiger partial charge on any atom is -0.494 e. The fourth-order valence-electron chi connectivity index (χ4n) is 6.37. The van der Waals surface area contributed by atoms with Crippen molar-refractivity contribution in [2.24, 2.45) is 11.8 Å². The molecular formula is C35H48N4O2S. The molecule has 0 atom stereocenters. The van der Waals surface area contributed by atoms with Crippen LogP contribution in [0.2, 0.25) is 0 Å². The van der Waals surface area contributed by atoms with E-state index in [9.17, 15) is 0 Å². The first-order valence-electron chi connectivity index (χ1n) is 15.8. The van der Waals surface area contributed by atoms with Crippen molar-refractivity contribution in [3.05, 3.63) is 83.4 Å².